The Morgan fingerprint density at radius 1 is 0.974 bits per heavy atom. The van der Waals surface area contributed by atoms with Gasteiger partial charge in [-0.05, 0) is 54.5 Å². The molecule has 3 aromatic rings. The van der Waals surface area contributed by atoms with E-state index in [9.17, 15) is 19.5 Å². The second kappa shape index (κ2) is 13.4. The first kappa shape index (κ1) is 28.3. The summed E-state index contributed by atoms with van der Waals surface area (Å²) in [5, 5.41) is 20.9. The lowest BCUT2D eigenvalue weighted by atomic mass is 10.1. The number of hydrogen-bond donors (Lipinski definition) is 5. The fourth-order valence-electron chi connectivity index (χ4n) is 4.60. The van der Waals surface area contributed by atoms with E-state index in [-0.39, 0.29) is 28.2 Å². The highest BCUT2D eigenvalue weighted by Gasteiger charge is 2.27. The number of carboxylic acids is 1. The van der Waals surface area contributed by atoms with E-state index in [4.69, 9.17) is 23.2 Å². The van der Waals surface area contributed by atoms with Crippen LogP contribution < -0.4 is 21.3 Å². The van der Waals surface area contributed by atoms with Crippen LogP contribution in [0, 0.1) is 0 Å². The number of aryl methyl sites for hydroxylation is 2. The number of hydrogen-bond acceptors (Lipinski definition) is 4. The fourth-order valence-corrected chi connectivity index (χ4v) is 5.21. The minimum absolute atomic E-state index is 0.0374. The van der Waals surface area contributed by atoms with E-state index in [1.807, 2.05) is 42.5 Å². The van der Waals surface area contributed by atoms with Gasteiger partial charge in [0, 0.05) is 6.54 Å². The monoisotopic (exact) mass is 568 g/mol. The van der Waals surface area contributed by atoms with Gasteiger partial charge in [0.1, 0.15) is 6.04 Å². The van der Waals surface area contributed by atoms with Gasteiger partial charge in [-0.3, -0.25) is 4.79 Å². The number of carboxylic acid groups (broad SMARTS) is 1. The summed E-state index contributed by atoms with van der Waals surface area (Å²) in [7, 11) is 0. The molecule has 0 aromatic heterocycles. The number of aliphatic carboxylic acids is 1. The van der Waals surface area contributed by atoms with E-state index >= 15 is 0 Å². The van der Waals surface area contributed by atoms with Crippen LogP contribution in [0.4, 0.5) is 10.5 Å². The van der Waals surface area contributed by atoms with Crippen molar-refractivity contribution in [3.63, 3.8) is 0 Å². The van der Waals surface area contributed by atoms with Crippen LogP contribution >= 0.6 is 23.2 Å². The van der Waals surface area contributed by atoms with Gasteiger partial charge < -0.3 is 26.4 Å². The van der Waals surface area contributed by atoms with Gasteiger partial charge in [0.25, 0.3) is 5.91 Å². The van der Waals surface area contributed by atoms with Crippen molar-refractivity contribution in [3.8, 4) is 0 Å². The average molecular weight is 569 g/mol. The summed E-state index contributed by atoms with van der Waals surface area (Å²) in [5.74, 6) is -2.06. The van der Waals surface area contributed by atoms with Crippen LogP contribution in [0.25, 0.3) is 0 Å². The number of urea groups is 1. The molecule has 3 amide bonds. The molecule has 3 aromatic carbocycles. The van der Waals surface area contributed by atoms with Crippen LogP contribution in [-0.4, -0.2) is 42.1 Å². The molecule has 10 heteroatoms. The minimum Gasteiger partial charge on any atom is -0.480 e. The highest BCUT2D eigenvalue weighted by atomic mass is 35.5. The Morgan fingerprint density at radius 3 is 2.49 bits per heavy atom. The molecule has 204 valence electrons. The number of carbonyl (C=O) groups is 3. The normalized spacial score (nSPS) is 14.7. The molecule has 0 radical (unpaired) electrons. The third-order valence-corrected chi connectivity index (χ3v) is 7.33. The largest absolute Gasteiger partial charge is 0.480 e. The summed E-state index contributed by atoms with van der Waals surface area (Å²) >= 11 is 12.8. The van der Waals surface area contributed by atoms with Crippen molar-refractivity contribution >= 4 is 46.8 Å². The molecule has 0 spiro atoms. The van der Waals surface area contributed by atoms with Crippen molar-refractivity contribution in [2.45, 2.75) is 37.8 Å². The van der Waals surface area contributed by atoms with E-state index < -0.39 is 23.9 Å². The molecule has 0 bridgehead atoms. The summed E-state index contributed by atoms with van der Waals surface area (Å²) < 4.78 is 0. The molecule has 1 aliphatic rings. The third-order valence-electron chi connectivity index (χ3n) is 6.63. The van der Waals surface area contributed by atoms with E-state index in [1.54, 1.807) is 6.07 Å². The molecule has 39 heavy (non-hydrogen) atoms. The zero-order valence-electron chi connectivity index (χ0n) is 21.2. The molecule has 0 saturated carbocycles. The van der Waals surface area contributed by atoms with E-state index in [0.717, 1.165) is 31.2 Å². The first-order chi connectivity index (χ1) is 18.8. The predicted molar refractivity (Wildman–Crippen MR) is 153 cm³/mol. The number of anilines is 1. The van der Waals surface area contributed by atoms with Gasteiger partial charge in [0.05, 0.1) is 33.9 Å². The number of rotatable bonds is 11. The van der Waals surface area contributed by atoms with E-state index in [0.29, 0.717) is 12.2 Å². The highest BCUT2D eigenvalue weighted by Crippen LogP contribution is 2.32. The quantitative estimate of drug-likeness (QED) is 0.203. The Hall–Kier alpha value is -3.75. The molecular formula is C29H30Cl2N4O4. The van der Waals surface area contributed by atoms with Crippen LogP contribution in [0.15, 0.2) is 66.7 Å². The van der Waals surface area contributed by atoms with Crippen molar-refractivity contribution in [3.05, 3.63) is 99.0 Å². The number of carbonyl (C=O) groups excluding carboxylic acids is 2. The van der Waals surface area contributed by atoms with Crippen molar-refractivity contribution in [1.82, 2.24) is 16.0 Å². The summed E-state index contributed by atoms with van der Waals surface area (Å²) in [6, 6.07) is 19.1. The lowest BCUT2D eigenvalue weighted by molar-refractivity contribution is -0.139. The zero-order valence-corrected chi connectivity index (χ0v) is 22.7. The predicted octanol–water partition coefficient (Wildman–Crippen LogP) is 5.21. The molecule has 0 saturated heterocycles. The number of nitrogens with one attached hydrogen (secondary N) is 4. The zero-order chi connectivity index (χ0) is 27.8. The molecule has 2 atom stereocenters. The van der Waals surface area contributed by atoms with Crippen LogP contribution in [0.2, 0.25) is 10.0 Å². The van der Waals surface area contributed by atoms with Crippen LogP contribution in [0.1, 0.15) is 45.9 Å². The Bertz CT molecular complexity index is 1340. The van der Waals surface area contributed by atoms with Crippen molar-refractivity contribution in [1.29, 1.82) is 0 Å². The molecule has 4 rings (SSSR count). The Labute approximate surface area is 237 Å². The Balaban J connectivity index is 1.32. The van der Waals surface area contributed by atoms with Crippen LogP contribution in [-0.2, 0) is 17.6 Å². The summed E-state index contributed by atoms with van der Waals surface area (Å²) in [5.41, 5.74) is 3.93. The molecule has 5 N–H and O–H groups in total. The number of halogens is 2. The van der Waals surface area contributed by atoms with Gasteiger partial charge in [-0.2, -0.15) is 0 Å². The molecule has 1 aliphatic carbocycles. The van der Waals surface area contributed by atoms with Gasteiger partial charge in [-0.15, -0.1) is 0 Å². The van der Waals surface area contributed by atoms with Gasteiger partial charge >= 0.3 is 12.0 Å². The first-order valence-corrected chi connectivity index (χ1v) is 13.5. The van der Waals surface area contributed by atoms with E-state index in [2.05, 4.69) is 33.4 Å². The SMILES string of the molecule is O=C(NCC(NC(=O)c1c(Cl)ccc(NCCCc2ccccc2)c1Cl)C(=O)O)N[C@@H]1CCc2ccccc21. The number of amides is 3. The molecule has 0 aliphatic heterocycles. The fraction of sp³-hybridized carbons (Fsp3) is 0.276. The molecule has 0 fully saturated rings. The van der Waals surface area contributed by atoms with Crippen molar-refractivity contribution < 1.29 is 19.5 Å². The molecule has 0 heterocycles. The Morgan fingerprint density at radius 2 is 1.72 bits per heavy atom. The van der Waals surface area contributed by atoms with Gasteiger partial charge in [0.15, 0.2) is 0 Å². The maximum atomic E-state index is 13.0. The molecule has 1 unspecified atom stereocenters. The lowest BCUT2D eigenvalue weighted by Gasteiger charge is -2.19. The minimum atomic E-state index is -1.39. The second-order valence-electron chi connectivity index (χ2n) is 9.31. The van der Waals surface area contributed by atoms with Crippen molar-refractivity contribution in [2.75, 3.05) is 18.4 Å². The van der Waals surface area contributed by atoms with Gasteiger partial charge in [-0.1, -0.05) is 77.8 Å². The summed E-state index contributed by atoms with van der Waals surface area (Å²) in [6.45, 7) is 0.285. The molecular weight excluding hydrogens is 539 g/mol. The average Bonchev–Trinajstić information content (AvgIpc) is 3.33. The topological polar surface area (TPSA) is 120 Å². The highest BCUT2D eigenvalue weighted by molar-refractivity contribution is 6.41. The summed E-state index contributed by atoms with van der Waals surface area (Å²) in [6.07, 6.45) is 3.34. The smallest absolute Gasteiger partial charge is 0.328 e. The standard InChI is InChI=1S/C29H30Cl2N4O4/c30-21-13-15-23(32-16-6-9-18-7-2-1-3-8-18)26(31)25(21)27(36)34-24(28(37)38)17-33-29(39)35-22-14-12-19-10-4-5-11-20(19)22/h1-5,7-8,10-11,13,15,22,24,32H,6,9,12,14,16-17H2,(H,34,36)(H,37,38)(H2,33,35,39)/t22-,24?/m1/s1. The lowest BCUT2D eigenvalue weighted by Crippen LogP contribution is -2.50. The van der Waals surface area contributed by atoms with Crippen molar-refractivity contribution in [2.24, 2.45) is 0 Å². The van der Waals surface area contributed by atoms with Gasteiger partial charge in [-0.25, -0.2) is 9.59 Å². The second-order valence-corrected chi connectivity index (χ2v) is 10.1. The first-order valence-electron chi connectivity index (χ1n) is 12.7. The summed E-state index contributed by atoms with van der Waals surface area (Å²) in [4.78, 5) is 37.4. The van der Waals surface area contributed by atoms with Crippen LogP contribution in [0.3, 0.4) is 0 Å². The Kier molecular flexibility index (Phi) is 9.68. The van der Waals surface area contributed by atoms with Crippen LogP contribution in [0.5, 0.6) is 0 Å². The maximum Gasteiger partial charge on any atom is 0.328 e. The maximum absolute atomic E-state index is 13.0. The molecule has 8 nitrogen and oxygen atoms in total. The van der Waals surface area contributed by atoms with Gasteiger partial charge in [0.2, 0.25) is 0 Å². The number of benzene rings is 3. The van der Waals surface area contributed by atoms with E-state index in [1.165, 1.54) is 17.2 Å². The number of fused-ring (bicyclic) bond motifs is 1. The third kappa shape index (κ3) is 7.43.